The normalized spacial score (nSPS) is 18.1. The highest BCUT2D eigenvalue weighted by molar-refractivity contribution is 6.31. The van der Waals surface area contributed by atoms with Gasteiger partial charge in [-0.2, -0.15) is 0 Å². The molecule has 4 heteroatoms. The van der Waals surface area contributed by atoms with Gasteiger partial charge in [0.05, 0.1) is 5.56 Å². The van der Waals surface area contributed by atoms with E-state index >= 15 is 0 Å². The van der Waals surface area contributed by atoms with Gasteiger partial charge in [0, 0.05) is 24.3 Å². The van der Waals surface area contributed by atoms with Crippen molar-refractivity contribution < 1.29 is 4.79 Å². The second-order valence-corrected chi connectivity index (χ2v) is 6.43. The number of carbonyl (C=O) groups is 1. The minimum absolute atomic E-state index is 0.0249. The zero-order valence-electron chi connectivity index (χ0n) is 11.8. The van der Waals surface area contributed by atoms with Crippen LogP contribution < -0.4 is 10.6 Å². The summed E-state index contributed by atoms with van der Waals surface area (Å²) in [5, 5.41) is 6.74. The molecule has 0 heterocycles. The molecular weight excluding hydrogens is 272 g/mol. The maximum absolute atomic E-state index is 12.4. The predicted molar refractivity (Wildman–Crippen MR) is 82.3 cm³/mol. The van der Waals surface area contributed by atoms with Gasteiger partial charge in [-0.25, -0.2) is 0 Å². The molecule has 1 amide bonds. The Morgan fingerprint density at radius 2 is 1.95 bits per heavy atom. The minimum atomic E-state index is -0.0249. The van der Waals surface area contributed by atoms with Crippen LogP contribution in [0.15, 0.2) is 18.2 Å². The van der Waals surface area contributed by atoms with E-state index in [1.165, 1.54) is 25.7 Å². The molecule has 2 N–H and O–H groups in total. The maximum atomic E-state index is 12.4. The van der Waals surface area contributed by atoms with E-state index in [0.717, 1.165) is 24.1 Å². The van der Waals surface area contributed by atoms with E-state index in [1.54, 1.807) is 12.1 Å². The first-order valence-corrected chi connectivity index (χ1v) is 7.82. The van der Waals surface area contributed by atoms with Gasteiger partial charge in [-0.3, -0.25) is 4.79 Å². The molecule has 20 heavy (non-hydrogen) atoms. The molecule has 1 aromatic rings. The summed E-state index contributed by atoms with van der Waals surface area (Å²) in [6, 6.07) is 5.36. The number of halogens is 1. The standard InChI is InChI=1S/C16H21ClN2O/c1-18-15-7-6-12(17)8-13(15)16(20)19-9-14(10-2-3-10)11-4-5-11/h6-8,10-11,14,18H,2-5,9H2,1H3,(H,19,20). The third kappa shape index (κ3) is 3.09. The summed E-state index contributed by atoms with van der Waals surface area (Å²) in [6.45, 7) is 0.809. The molecule has 0 radical (unpaired) electrons. The molecule has 108 valence electrons. The average molecular weight is 293 g/mol. The number of rotatable bonds is 6. The molecule has 3 nitrogen and oxygen atoms in total. The number of carbonyl (C=O) groups excluding carboxylic acids is 1. The number of anilines is 1. The fourth-order valence-electron chi connectivity index (χ4n) is 3.00. The van der Waals surface area contributed by atoms with Gasteiger partial charge < -0.3 is 10.6 Å². The van der Waals surface area contributed by atoms with Gasteiger partial charge >= 0.3 is 0 Å². The highest BCUT2D eigenvalue weighted by Crippen LogP contribution is 2.48. The van der Waals surface area contributed by atoms with Gasteiger partial charge in [-0.1, -0.05) is 11.6 Å². The fraction of sp³-hybridized carbons (Fsp3) is 0.562. The largest absolute Gasteiger partial charge is 0.387 e. The van der Waals surface area contributed by atoms with Crippen molar-refractivity contribution in [2.24, 2.45) is 17.8 Å². The smallest absolute Gasteiger partial charge is 0.253 e. The van der Waals surface area contributed by atoms with Gasteiger partial charge in [-0.15, -0.1) is 0 Å². The molecule has 0 spiro atoms. The summed E-state index contributed by atoms with van der Waals surface area (Å²) in [5.41, 5.74) is 1.45. The molecule has 0 bridgehead atoms. The molecule has 2 aliphatic rings. The number of nitrogens with one attached hydrogen (secondary N) is 2. The van der Waals surface area contributed by atoms with Gasteiger partial charge in [0.1, 0.15) is 0 Å². The van der Waals surface area contributed by atoms with E-state index in [0.29, 0.717) is 16.5 Å². The number of benzene rings is 1. The van der Waals surface area contributed by atoms with E-state index in [-0.39, 0.29) is 5.91 Å². The first-order chi connectivity index (χ1) is 9.69. The van der Waals surface area contributed by atoms with Crippen LogP contribution in [0.5, 0.6) is 0 Å². The number of amides is 1. The Hall–Kier alpha value is -1.22. The second-order valence-electron chi connectivity index (χ2n) is 5.99. The fourth-order valence-corrected chi connectivity index (χ4v) is 3.17. The van der Waals surface area contributed by atoms with Crippen LogP contribution >= 0.6 is 11.6 Å². The summed E-state index contributed by atoms with van der Waals surface area (Å²) in [4.78, 5) is 12.4. The van der Waals surface area contributed by atoms with Crippen molar-refractivity contribution in [1.29, 1.82) is 0 Å². The van der Waals surface area contributed by atoms with Crippen LogP contribution in [0.2, 0.25) is 5.02 Å². The first-order valence-electron chi connectivity index (χ1n) is 7.44. The lowest BCUT2D eigenvalue weighted by molar-refractivity contribution is 0.0944. The Morgan fingerprint density at radius 3 is 2.50 bits per heavy atom. The van der Waals surface area contributed by atoms with E-state index < -0.39 is 0 Å². The van der Waals surface area contributed by atoms with Crippen molar-refractivity contribution in [2.45, 2.75) is 25.7 Å². The van der Waals surface area contributed by atoms with Gasteiger partial charge in [0.15, 0.2) is 0 Å². The van der Waals surface area contributed by atoms with Crippen LogP contribution in [0.3, 0.4) is 0 Å². The highest BCUT2D eigenvalue weighted by atomic mass is 35.5. The van der Waals surface area contributed by atoms with Crippen molar-refractivity contribution in [3.8, 4) is 0 Å². The minimum Gasteiger partial charge on any atom is -0.387 e. The Kier molecular flexibility index (Phi) is 3.88. The Bertz CT molecular complexity index is 497. The average Bonchev–Trinajstić information content (AvgIpc) is 3.31. The highest BCUT2D eigenvalue weighted by Gasteiger charge is 2.41. The molecular formula is C16H21ClN2O. The van der Waals surface area contributed by atoms with E-state index in [4.69, 9.17) is 11.6 Å². The lowest BCUT2D eigenvalue weighted by Crippen LogP contribution is -2.31. The van der Waals surface area contributed by atoms with Crippen LogP contribution in [-0.4, -0.2) is 19.5 Å². The molecule has 0 saturated heterocycles. The zero-order chi connectivity index (χ0) is 14.1. The van der Waals surface area contributed by atoms with Crippen molar-refractivity contribution in [3.05, 3.63) is 28.8 Å². The third-order valence-corrected chi connectivity index (χ3v) is 4.68. The molecule has 0 aliphatic heterocycles. The van der Waals surface area contributed by atoms with Crippen LogP contribution in [0.25, 0.3) is 0 Å². The molecule has 2 saturated carbocycles. The number of hydrogen-bond acceptors (Lipinski definition) is 2. The maximum Gasteiger partial charge on any atom is 0.253 e. The summed E-state index contributed by atoms with van der Waals surface area (Å²) >= 11 is 5.99. The van der Waals surface area contributed by atoms with Crippen LogP contribution in [0.1, 0.15) is 36.0 Å². The molecule has 0 aromatic heterocycles. The molecule has 1 aromatic carbocycles. The second kappa shape index (κ2) is 5.65. The summed E-state index contributed by atoms with van der Waals surface area (Å²) in [5.74, 6) is 2.37. The van der Waals surface area contributed by atoms with E-state index in [9.17, 15) is 4.79 Å². The van der Waals surface area contributed by atoms with E-state index in [1.807, 2.05) is 13.1 Å². The third-order valence-electron chi connectivity index (χ3n) is 4.45. The van der Waals surface area contributed by atoms with Crippen molar-refractivity contribution in [1.82, 2.24) is 5.32 Å². The van der Waals surface area contributed by atoms with Crippen molar-refractivity contribution in [2.75, 3.05) is 18.9 Å². The van der Waals surface area contributed by atoms with Crippen molar-refractivity contribution in [3.63, 3.8) is 0 Å². The van der Waals surface area contributed by atoms with Crippen molar-refractivity contribution >= 4 is 23.2 Å². The molecule has 2 aliphatic carbocycles. The molecule has 0 unspecified atom stereocenters. The summed E-state index contributed by atoms with van der Waals surface area (Å²) < 4.78 is 0. The van der Waals surface area contributed by atoms with Crippen LogP contribution in [0.4, 0.5) is 5.69 Å². The van der Waals surface area contributed by atoms with Gasteiger partial charge in [-0.05, 0) is 61.6 Å². The van der Waals surface area contributed by atoms with Crippen LogP contribution in [0, 0.1) is 17.8 Å². The summed E-state index contributed by atoms with van der Waals surface area (Å²) in [7, 11) is 1.82. The SMILES string of the molecule is CNc1ccc(Cl)cc1C(=O)NCC(C1CC1)C1CC1. The molecule has 3 rings (SSSR count). The Balaban J connectivity index is 1.64. The Labute approximate surface area is 125 Å². The lowest BCUT2D eigenvalue weighted by atomic mass is 9.98. The molecule has 0 atom stereocenters. The van der Waals surface area contributed by atoms with Gasteiger partial charge in [0.2, 0.25) is 0 Å². The summed E-state index contributed by atoms with van der Waals surface area (Å²) in [6.07, 6.45) is 5.37. The van der Waals surface area contributed by atoms with Crippen LogP contribution in [-0.2, 0) is 0 Å². The molecule has 2 fully saturated rings. The number of hydrogen-bond donors (Lipinski definition) is 2. The first kappa shape index (κ1) is 13.7. The monoisotopic (exact) mass is 292 g/mol. The zero-order valence-corrected chi connectivity index (χ0v) is 12.5. The topological polar surface area (TPSA) is 41.1 Å². The quantitative estimate of drug-likeness (QED) is 0.842. The Morgan fingerprint density at radius 1 is 1.30 bits per heavy atom. The lowest BCUT2D eigenvalue weighted by Gasteiger charge is -2.17. The van der Waals surface area contributed by atoms with Gasteiger partial charge in [0.25, 0.3) is 5.91 Å². The van der Waals surface area contributed by atoms with E-state index in [2.05, 4.69) is 10.6 Å². The predicted octanol–water partition coefficient (Wildman–Crippen LogP) is 3.55.